The van der Waals surface area contributed by atoms with Gasteiger partial charge in [-0.1, -0.05) is 51.7 Å². The summed E-state index contributed by atoms with van der Waals surface area (Å²) in [6.07, 6.45) is 6.44. The van der Waals surface area contributed by atoms with E-state index in [1.54, 1.807) is 7.11 Å². The Kier molecular flexibility index (Phi) is 9.92. The van der Waals surface area contributed by atoms with Crippen molar-refractivity contribution < 1.29 is 9.47 Å². The monoisotopic (exact) mass is 293 g/mol. The number of unbranched alkanes of at least 4 members (excludes halogenated alkanes) is 4. The van der Waals surface area contributed by atoms with Crippen molar-refractivity contribution in [3.8, 4) is 5.75 Å². The normalized spacial score (nSPS) is 12.3. The molecule has 120 valence electrons. The minimum absolute atomic E-state index is 0.103. The van der Waals surface area contributed by atoms with Gasteiger partial charge in [-0.15, -0.1) is 0 Å². The summed E-state index contributed by atoms with van der Waals surface area (Å²) in [6.45, 7) is 7.00. The van der Waals surface area contributed by atoms with Gasteiger partial charge in [0.15, 0.2) is 0 Å². The molecule has 1 aromatic carbocycles. The summed E-state index contributed by atoms with van der Waals surface area (Å²) >= 11 is 0. The van der Waals surface area contributed by atoms with Gasteiger partial charge in [-0.05, 0) is 30.7 Å². The van der Waals surface area contributed by atoms with E-state index in [-0.39, 0.29) is 6.10 Å². The molecule has 0 saturated heterocycles. The summed E-state index contributed by atoms with van der Waals surface area (Å²) in [5.74, 6) is 0.889. The van der Waals surface area contributed by atoms with Crippen LogP contribution in [0, 0.1) is 0 Å². The Morgan fingerprint density at radius 3 is 2.62 bits per heavy atom. The topological polar surface area (TPSA) is 30.5 Å². The number of ether oxygens (including phenoxy) is 2. The first kappa shape index (κ1) is 18.0. The van der Waals surface area contributed by atoms with Crippen LogP contribution >= 0.6 is 0 Å². The van der Waals surface area contributed by atoms with E-state index in [4.69, 9.17) is 9.47 Å². The Labute approximate surface area is 130 Å². The molecule has 0 aliphatic carbocycles. The van der Waals surface area contributed by atoms with Crippen molar-refractivity contribution in [3.63, 3.8) is 0 Å². The second kappa shape index (κ2) is 11.6. The Balaban J connectivity index is 2.46. The first-order valence-electron chi connectivity index (χ1n) is 8.28. The first-order valence-corrected chi connectivity index (χ1v) is 8.28. The fourth-order valence-electron chi connectivity index (χ4n) is 2.32. The van der Waals surface area contributed by atoms with Crippen molar-refractivity contribution in [3.05, 3.63) is 29.8 Å². The van der Waals surface area contributed by atoms with Gasteiger partial charge in [0.25, 0.3) is 0 Å². The lowest BCUT2D eigenvalue weighted by Crippen LogP contribution is -2.23. The van der Waals surface area contributed by atoms with Crippen LogP contribution in [0.3, 0.4) is 0 Å². The Bertz CT molecular complexity index is 368. The number of benzene rings is 1. The second-order valence-corrected chi connectivity index (χ2v) is 5.36. The van der Waals surface area contributed by atoms with Gasteiger partial charge in [-0.2, -0.15) is 0 Å². The summed E-state index contributed by atoms with van der Waals surface area (Å²) in [4.78, 5) is 0. The van der Waals surface area contributed by atoms with E-state index in [1.165, 1.54) is 31.2 Å². The van der Waals surface area contributed by atoms with Gasteiger partial charge in [0.05, 0.1) is 13.2 Å². The number of likely N-dealkylation sites (N-methyl/N-ethyl adjacent to an activating group) is 1. The van der Waals surface area contributed by atoms with Crippen LogP contribution in [0.2, 0.25) is 0 Å². The molecule has 1 atom stereocenters. The molecule has 0 spiro atoms. The fourth-order valence-corrected chi connectivity index (χ4v) is 2.32. The van der Waals surface area contributed by atoms with E-state index >= 15 is 0 Å². The van der Waals surface area contributed by atoms with Gasteiger partial charge in [-0.3, -0.25) is 0 Å². The van der Waals surface area contributed by atoms with Crippen molar-refractivity contribution in [2.75, 3.05) is 26.8 Å². The highest BCUT2D eigenvalue weighted by molar-refractivity contribution is 5.30. The zero-order valence-corrected chi connectivity index (χ0v) is 13.9. The SMILES string of the molecule is CCCCCCCOC(CNCC)c1cccc(OC)c1. The van der Waals surface area contributed by atoms with Gasteiger partial charge >= 0.3 is 0 Å². The predicted octanol–water partition coefficient (Wildman–Crippen LogP) is 4.33. The van der Waals surface area contributed by atoms with E-state index in [9.17, 15) is 0 Å². The van der Waals surface area contributed by atoms with E-state index in [0.29, 0.717) is 0 Å². The molecule has 1 unspecified atom stereocenters. The maximum absolute atomic E-state index is 6.09. The van der Waals surface area contributed by atoms with Crippen LogP contribution in [0.25, 0.3) is 0 Å². The van der Waals surface area contributed by atoms with E-state index in [1.807, 2.05) is 12.1 Å². The van der Waals surface area contributed by atoms with Crippen molar-refractivity contribution in [2.24, 2.45) is 0 Å². The van der Waals surface area contributed by atoms with Crippen LogP contribution in [-0.4, -0.2) is 26.8 Å². The van der Waals surface area contributed by atoms with Gasteiger partial charge < -0.3 is 14.8 Å². The maximum Gasteiger partial charge on any atom is 0.119 e. The molecular weight excluding hydrogens is 262 g/mol. The number of nitrogens with one attached hydrogen (secondary N) is 1. The third-order valence-corrected chi connectivity index (χ3v) is 3.61. The molecule has 3 nitrogen and oxygen atoms in total. The largest absolute Gasteiger partial charge is 0.497 e. The van der Waals surface area contributed by atoms with Crippen LogP contribution in [0.4, 0.5) is 0 Å². The van der Waals surface area contributed by atoms with Crippen molar-refractivity contribution in [2.45, 2.75) is 52.1 Å². The van der Waals surface area contributed by atoms with Crippen molar-refractivity contribution in [1.29, 1.82) is 0 Å². The average molecular weight is 293 g/mol. The number of methoxy groups -OCH3 is 1. The minimum atomic E-state index is 0.103. The second-order valence-electron chi connectivity index (χ2n) is 5.36. The molecule has 0 amide bonds. The molecule has 1 N–H and O–H groups in total. The molecule has 21 heavy (non-hydrogen) atoms. The van der Waals surface area contributed by atoms with E-state index < -0.39 is 0 Å². The Hall–Kier alpha value is -1.06. The van der Waals surface area contributed by atoms with Gasteiger partial charge in [0.1, 0.15) is 5.75 Å². The summed E-state index contributed by atoms with van der Waals surface area (Å²) in [7, 11) is 1.70. The lowest BCUT2D eigenvalue weighted by atomic mass is 10.1. The molecule has 1 aromatic rings. The van der Waals surface area contributed by atoms with Gasteiger partial charge in [0.2, 0.25) is 0 Å². The molecule has 0 fully saturated rings. The molecule has 0 bridgehead atoms. The van der Waals surface area contributed by atoms with Crippen LogP contribution in [0.5, 0.6) is 5.75 Å². The third kappa shape index (κ3) is 7.49. The van der Waals surface area contributed by atoms with Gasteiger partial charge in [0, 0.05) is 13.2 Å². The maximum atomic E-state index is 6.09. The van der Waals surface area contributed by atoms with Crippen LogP contribution in [0.15, 0.2) is 24.3 Å². The number of rotatable bonds is 12. The number of hydrogen-bond acceptors (Lipinski definition) is 3. The zero-order chi connectivity index (χ0) is 15.3. The predicted molar refractivity (Wildman–Crippen MR) is 89.0 cm³/mol. The quantitative estimate of drug-likeness (QED) is 0.582. The van der Waals surface area contributed by atoms with E-state index in [0.717, 1.165) is 31.9 Å². The molecule has 1 rings (SSSR count). The summed E-state index contributed by atoms with van der Waals surface area (Å²) in [5.41, 5.74) is 1.18. The molecule has 0 saturated carbocycles. The van der Waals surface area contributed by atoms with E-state index in [2.05, 4.69) is 31.3 Å². The standard InChI is InChI=1S/C18H31NO2/c1-4-6-7-8-9-13-21-18(15-19-5-2)16-11-10-12-17(14-16)20-3/h10-12,14,18-19H,4-9,13,15H2,1-3H3. The van der Waals surface area contributed by atoms with Crippen molar-refractivity contribution >= 4 is 0 Å². The molecule has 0 radical (unpaired) electrons. The molecule has 0 aliphatic heterocycles. The third-order valence-electron chi connectivity index (χ3n) is 3.61. The Morgan fingerprint density at radius 1 is 1.10 bits per heavy atom. The molecule has 0 aromatic heterocycles. The van der Waals surface area contributed by atoms with Crippen molar-refractivity contribution in [1.82, 2.24) is 5.32 Å². The van der Waals surface area contributed by atoms with Gasteiger partial charge in [-0.25, -0.2) is 0 Å². The fraction of sp³-hybridized carbons (Fsp3) is 0.667. The lowest BCUT2D eigenvalue weighted by Gasteiger charge is -2.19. The number of hydrogen-bond donors (Lipinski definition) is 1. The zero-order valence-electron chi connectivity index (χ0n) is 13.9. The van der Waals surface area contributed by atoms with Crippen LogP contribution in [-0.2, 0) is 4.74 Å². The molecule has 3 heteroatoms. The smallest absolute Gasteiger partial charge is 0.119 e. The van der Waals surface area contributed by atoms with Crippen LogP contribution in [0.1, 0.15) is 57.6 Å². The lowest BCUT2D eigenvalue weighted by molar-refractivity contribution is 0.0500. The molecular formula is C18H31NO2. The average Bonchev–Trinajstić information content (AvgIpc) is 2.53. The summed E-state index contributed by atoms with van der Waals surface area (Å²) in [5, 5.41) is 3.38. The molecule has 0 aliphatic rings. The minimum Gasteiger partial charge on any atom is -0.497 e. The highest BCUT2D eigenvalue weighted by atomic mass is 16.5. The van der Waals surface area contributed by atoms with Crippen LogP contribution < -0.4 is 10.1 Å². The summed E-state index contributed by atoms with van der Waals surface area (Å²) in [6, 6.07) is 8.18. The summed E-state index contributed by atoms with van der Waals surface area (Å²) < 4.78 is 11.4. The first-order chi connectivity index (χ1) is 10.3. The Morgan fingerprint density at radius 2 is 1.90 bits per heavy atom. The highest BCUT2D eigenvalue weighted by Gasteiger charge is 2.12. The highest BCUT2D eigenvalue weighted by Crippen LogP contribution is 2.22. The molecule has 0 heterocycles.